The van der Waals surface area contributed by atoms with E-state index in [-0.39, 0.29) is 29.3 Å². The van der Waals surface area contributed by atoms with Crippen LogP contribution in [0, 0.1) is 19.7 Å². The molecule has 0 fully saturated rings. The Kier molecular flexibility index (Phi) is 6.52. The third-order valence-corrected chi connectivity index (χ3v) is 5.03. The summed E-state index contributed by atoms with van der Waals surface area (Å²) < 4.78 is 15.6. The SMILES string of the molecule is Cc1nn(Cc2ccc(NC(=O)Cc3ccc(Cl)cc3F)cc2)c(C)c1CC(=O)O. The van der Waals surface area contributed by atoms with Crippen LogP contribution in [0.15, 0.2) is 42.5 Å². The molecule has 1 heterocycles. The molecule has 0 aliphatic heterocycles. The van der Waals surface area contributed by atoms with Gasteiger partial charge >= 0.3 is 5.97 Å². The molecule has 2 N–H and O–H groups in total. The molecule has 0 spiro atoms. The molecule has 156 valence electrons. The van der Waals surface area contributed by atoms with Crippen LogP contribution in [-0.4, -0.2) is 26.8 Å². The Morgan fingerprint density at radius 1 is 1.13 bits per heavy atom. The highest BCUT2D eigenvalue weighted by atomic mass is 35.5. The lowest BCUT2D eigenvalue weighted by Gasteiger charge is -2.09. The first-order chi connectivity index (χ1) is 14.2. The maximum atomic E-state index is 13.8. The number of benzene rings is 2. The molecule has 0 bridgehead atoms. The fraction of sp³-hybridized carbons (Fsp3) is 0.227. The average Bonchev–Trinajstić information content (AvgIpc) is 2.92. The summed E-state index contributed by atoms with van der Waals surface area (Å²) in [6.45, 7) is 4.13. The quantitative estimate of drug-likeness (QED) is 0.591. The van der Waals surface area contributed by atoms with Crippen molar-refractivity contribution in [3.05, 3.63) is 81.4 Å². The van der Waals surface area contributed by atoms with Crippen LogP contribution in [0.5, 0.6) is 0 Å². The Hall–Kier alpha value is -3.19. The number of halogens is 2. The number of nitrogens with zero attached hydrogens (tertiary/aromatic N) is 2. The molecule has 0 aliphatic carbocycles. The molecule has 0 saturated heterocycles. The topological polar surface area (TPSA) is 84.2 Å². The summed E-state index contributed by atoms with van der Waals surface area (Å²) in [5.41, 5.74) is 4.06. The highest BCUT2D eigenvalue weighted by Crippen LogP contribution is 2.18. The number of carbonyl (C=O) groups excluding carboxylic acids is 1. The van der Waals surface area contributed by atoms with Crippen molar-refractivity contribution in [1.29, 1.82) is 0 Å². The van der Waals surface area contributed by atoms with Crippen LogP contribution in [0.1, 0.15) is 28.1 Å². The molecule has 2 aromatic carbocycles. The number of anilines is 1. The highest BCUT2D eigenvalue weighted by Gasteiger charge is 2.15. The molecule has 1 amide bonds. The van der Waals surface area contributed by atoms with Crippen LogP contribution in [0.4, 0.5) is 10.1 Å². The van der Waals surface area contributed by atoms with Crippen LogP contribution < -0.4 is 5.32 Å². The third kappa shape index (κ3) is 5.24. The van der Waals surface area contributed by atoms with Gasteiger partial charge in [0.2, 0.25) is 5.91 Å². The highest BCUT2D eigenvalue weighted by molar-refractivity contribution is 6.30. The number of hydrogen-bond donors (Lipinski definition) is 2. The zero-order valence-corrected chi connectivity index (χ0v) is 17.3. The van der Waals surface area contributed by atoms with Crippen molar-refractivity contribution >= 4 is 29.2 Å². The first-order valence-electron chi connectivity index (χ1n) is 9.30. The summed E-state index contributed by atoms with van der Waals surface area (Å²) in [6, 6.07) is 11.4. The van der Waals surface area contributed by atoms with Gasteiger partial charge in [-0.25, -0.2) is 4.39 Å². The van der Waals surface area contributed by atoms with Gasteiger partial charge < -0.3 is 10.4 Å². The molecule has 0 unspecified atom stereocenters. The Morgan fingerprint density at radius 2 is 1.83 bits per heavy atom. The minimum absolute atomic E-state index is 0.0587. The summed E-state index contributed by atoms with van der Waals surface area (Å²) in [5, 5.41) is 16.5. The van der Waals surface area contributed by atoms with E-state index >= 15 is 0 Å². The van der Waals surface area contributed by atoms with E-state index in [4.69, 9.17) is 16.7 Å². The van der Waals surface area contributed by atoms with Gasteiger partial charge in [-0.05, 0) is 49.2 Å². The van der Waals surface area contributed by atoms with Crippen molar-refractivity contribution in [2.24, 2.45) is 0 Å². The number of nitrogens with one attached hydrogen (secondary N) is 1. The molecule has 3 aromatic rings. The number of carboxylic acid groups (broad SMARTS) is 1. The van der Waals surface area contributed by atoms with Gasteiger partial charge in [0.05, 0.1) is 25.1 Å². The molecule has 0 aliphatic rings. The average molecular weight is 430 g/mol. The van der Waals surface area contributed by atoms with Crippen molar-refractivity contribution in [2.45, 2.75) is 33.2 Å². The number of carbonyl (C=O) groups is 2. The van der Waals surface area contributed by atoms with Gasteiger partial charge in [-0.15, -0.1) is 0 Å². The normalized spacial score (nSPS) is 10.8. The van der Waals surface area contributed by atoms with Crippen molar-refractivity contribution in [3.63, 3.8) is 0 Å². The standard InChI is InChI=1S/C22H21ClFN3O3/c1-13-19(11-22(29)30)14(2)27(26-13)12-15-3-7-18(8-4-15)25-21(28)9-16-5-6-17(23)10-20(16)24/h3-8,10H,9,11-12H2,1-2H3,(H,25,28)(H,29,30). The summed E-state index contributed by atoms with van der Waals surface area (Å²) in [4.78, 5) is 23.2. The first kappa shape index (κ1) is 21.5. The summed E-state index contributed by atoms with van der Waals surface area (Å²) in [5.74, 6) is -1.74. The Morgan fingerprint density at radius 3 is 2.47 bits per heavy atom. The third-order valence-electron chi connectivity index (χ3n) is 4.80. The van der Waals surface area contributed by atoms with E-state index in [0.29, 0.717) is 17.9 Å². The number of aromatic nitrogens is 2. The molecular formula is C22H21ClFN3O3. The molecular weight excluding hydrogens is 409 g/mol. The van der Waals surface area contributed by atoms with Gasteiger partial charge in [-0.2, -0.15) is 5.10 Å². The minimum atomic E-state index is -0.890. The number of rotatable bonds is 7. The number of hydrogen-bond acceptors (Lipinski definition) is 3. The van der Waals surface area contributed by atoms with Gasteiger partial charge in [0.15, 0.2) is 0 Å². The second-order valence-electron chi connectivity index (χ2n) is 7.04. The molecule has 3 rings (SSSR count). The number of amides is 1. The fourth-order valence-corrected chi connectivity index (χ4v) is 3.36. The van der Waals surface area contributed by atoms with Gasteiger partial charge in [0.1, 0.15) is 5.82 Å². The van der Waals surface area contributed by atoms with Gasteiger partial charge in [-0.1, -0.05) is 29.8 Å². The van der Waals surface area contributed by atoms with Crippen LogP contribution in [0.25, 0.3) is 0 Å². The monoisotopic (exact) mass is 429 g/mol. The van der Waals surface area contributed by atoms with E-state index in [0.717, 1.165) is 16.8 Å². The van der Waals surface area contributed by atoms with Gasteiger partial charge in [0, 0.05) is 22.0 Å². The Bertz CT molecular complexity index is 1090. The number of aliphatic carboxylic acids is 1. The Balaban J connectivity index is 1.64. The van der Waals surface area contributed by atoms with E-state index in [1.807, 2.05) is 19.1 Å². The van der Waals surface area contributed by atoms with Crippen molar-refractivity contribution in [3.8, 4) is 0 Å². The smallest absolute Gasteiger partial charge is 0.307 e. The lowest BCUT2D eigenvalue weighted by atomic mass is 10.1. The van der Waals surface area contributed by atoms with Crippen molar-refractivity contribution in [1.82, 2.24) is 9.78 Å². The molecule has 1 aromatic heterocycles. The zero-order chi connectivity index (χ0) is 21.8. The second-order valence-corrected chi connectivity index (χ2v) is 7.47. The van der Waals surface area contributed by atoms with E-state index < -0.39 is 11.8 Å². The lowest BCUT2D eigenvalue weighted by Crippen LogP contribution is -2.15. The molecule has 0 atom stereocenters. The van der Waals surface area contributed by atoms with Gasteiger partial charge in [-0.3, -0.25) is 14.3 Å². The maximum Gasteiger partial charge on any atom is 0.307 e. The molecule has 8 heteroatoms. The predicted molar refractivity (Wildman–Crippen MR) is 112 cm³/mol. The van der Waals surface area contributed by atoms with Crippen LogP contribution in [0.2, 0.25) is 5.02 Å². The van der Waals surface area contributed by atoms with Crippen molar-refractivity contribution < 1.29 is 19.1 Å². The largest absolute Gasteiger partial charge is 0.481 e. The van der Waals surface area contributed by atoms with Crippen LogP contribution in [0.3, 0.4) is 0 Å². The second kappa shape index (κ2) is 9.09. The lowest BCUT2D eigenvalue weighted by molar-refractivity contribution is -0.136. The van der Waals surface area contributed by atoms with Gasteiger partial charge in [0.25, 0.3) is 0 Å². The van der Waals surface area contributed by atoms with E-state index in [1.165, 1.54) is 12.1 Å². The predicted octanol–water partition coefficient (Wildman–Crippen LogP) is 4.15. The summed E-state index contributed by atoms with van der Waals surface area (Å²) >= 11 is 5.73. The molecule has 0 saturated carbocycles. The number of aryl methyl sites for hydroxylation is 1. The van der Waals surface area contributed by atoms with E-state index in [9.17, 15) is 14.0 Å². The minimum Gasteiger partial charge on any atom is -0.481 e. The van der Waals surface area contributed by atoms with Crippen LogP contribution in [-0.2, 0) is 29.0 Å². The van der Waals surface area contributed by atoms with E-state index in [1.54, 1.807) is 29.8 Å². The zero-order valence-electron chi connectivity index (χ0n) is 16.6. The fourth-order valence-electron chi connectivity index (χ4n) is 3.20. The first-order valence-corrected chi connectivity index (χ1v) is 9.68. The summed E-state index contributed by atoms with van der Waals surface area (Å²) in [6.07, 6.45) is -0.153. The van der Waals surface area contributed by atoms with Crippen molar-refractivity contribution in [2.75, 3.05) is 5.32 Å². The Labute approximate surface area is 178 Å². The summed E-state index contributed by atoms with van der Waals surface area (Å²) in [7, 11) is 0. The van der Waals surface area contributed by atoms with E-state index in [2.05, 4.69) is 10.4 Å². The maximum absolute atomic E-state index is 13.8. The van der Waals surface area contributed by atoms with Crippen LogP contribution >= 0.6 is 11.6 Å². The number of carboxylic acids is 1. The molecule has 30 heavy (non-hydrogen) atoms. The molecule has 0 radical (unpaired) electrons. The molecule has 6 nitrogen and oxygen atoms in total.